The molecule has 0 fully saturated rings. The maximum Gasteiger partial charge on any atom is 0.338 e. The van der Waals surface area contributed by atoms with Crippen LogP contribution in [0.5, 0.6) is 11.5 Å². The molecule has 1 aliphatic heterocycles. The molecule has 0 aromatic heterocycles. The van der Waals surface area contributed by atoms with Crippen molar-refractivity contribution in [3.63, 3.8) is 0 Å². The Morgan fingerprint density at radius 1 is 1.15 bits per heavy atom. The van der Waals surface area contributed by atoms with Gasteiger partial charge in [0.1, 0.15) is 0 Å². The number of nitrogens with zero attached hydrogens (tertiary/aromatic N) is 2. The van der Waals surface area contributed by atoms with Crippen molar-refractivity contribution in [3.8, 4) is 17.6 Å². The molecule has 0 N–H and O–H groups in total. The predicted octanol–water partition coefficient (Wildman–Crippen LogP) is 2.49. The second kappa shape index (κ2) is 8.23. The highest BCUT2D eigenvalue weighted by molar-refractivity contribution is 5.91. The van der Waals surface area contributed by atoms with Crippen LogP contribution in [0, 0.1) is 11.3 Å². The monoisotopic (exact) mass is 366 g/mol. The molecule has 2 aromatic carbocycles. The highest BCUT2D eigenvalue weighted by Crippen LogP contribution is 2.32. The van der Waals surface area contributed by atoms with Crippen LogP contribution in [0.3, 0.4) is 0 Å². The van der Waals surface area contributed by atoms with Crippen LogP contribution in [-0.2, 0) is 16.1 Å². The fraction of sp³-hybridized carbons (Fsp3) is 0.250. The molecular formula is C20H18N2O5. The minimum atomic E-state index is -0.605. The zero-order valence-corrected chi connectivity index (χ0v) is 14.8. The van der Waals surface area contributed by atoms with Crippen molar-refractivity contribution in [2.45, 2.75) is 13.5 Å². The molecule has 27 heavy (non-hydrogen) atoms. The van der Waals surface area contributed by atoms with E-state index in [0.717, 1.165) is 5.56 Å². The van der Waals surface area contributed by atoms with E-state index in [2.05, 4.69) is 0 Å². The van der Waals surface area contributed by atoms with Gasteiger partial charge in [-0.15, -0.1) is 0 Å². The van der Waals surface area contributed by atoms with Crippen molar-refractivity contribution in [2.24, 2.45) is 0 Å². The van der Waals surface area contributed by atoms with E-state index >= 15 is 0 Å². The highest BCUT2D eigenvalue weighted by atomic mass is 16.7. The number of likely N-dealkylation sites (N-methyl/N-ethyl adjacent to an activating group) is 1. The molecule has 0 unspecified atom stereocenters. The molecule has 1 amide bonds. The molecule has 0 radical (unpaired) electrons. The van der Waals surface area contributed by atoms with Gasteiger partial charge >= 0.3 is 5.97 Å². The van der Waals surface area contributed by atoms with E-state index in [1.54, 1.807) is 11.0 Å². The summed E-state index contributed by atoms with van der Waals surface area (Å²) in [5, 5.41) is 8.77. The normalized spacial score (nSPS) is 11.6. The first-order chi connectivity index (χ1) is 13.1. The first-order valence-electron chi connectivity index (χ1n) is 8.44. The summed E-state index contributed by atoms with van der Waals surface area (Å²) in [6, 6.07) is 13.5. The molecule has 1 heterocycles. The van der Waals surface area contributed by atoms with Gasteiger partial charge in [-0.2, -0.15) is 5.26 Å². The smallest absolute Gasteiger partial charge is 0.338 e. The highest BCUT2D eigenvalue weighted by Gasteiger charge is 2.18. The van der Waals surface area contributed by atoms with Crippen LogP contribution in [0.4, 0.5) is 0 Å². The third kappa shape index (κ3) is 4.36. The maximum atomic E-state index is 12.4. The molecule has 0 atom stereocenters. The average molecular weight is 366 g/mol. The van der Waals surface area contributed by atoms with Crippen molar-refractivity contribution < 1.29 is 23.8 Å². The summed E-state index contributed by atoms with van der Waals surface area (Å²) in [6.07, 6.45) is 0. The molecule has 2 aromatic rings. The molecule has 0 saturated carbocycles. The van der Waals surface area contributed by atoms with Gasteiger partial charge in [0.2, 0.25) is 6.79 Å². The topological polar surface area (TPSA) is 88.9 Å². The Hall–Kier alpha value is -3.53. The summed E-state index contributed by atoms with van der Waals surface area (Å²) in [6.45, 7) is 2.55. The molecule has 7 nitrogen and oxygen atoms in total. The lowest BCUT2D eigenvalue weighted by Crippen LogP contribution is -2.34. The maximum absolute atomic E-state index is 12.4. The Labute approximate surface area is 156 Å². The zero-order chi connectivity index (χ0) is 19.2. The van der Waals surface area contributed by atoms with Gasteiger partial charge in [0.25, 0.3) is 5.91 Å². The van der Waals surface area contributed by atoms with Gasteiger partial charge in [-0.25, -0.2) is 4.79 Å². The minimum absolute atomic E-state index is 0.195. The summed E-state index contributed by atoms with van der Waals surface area (Å²) >= 11 is 0. The van der Waals surface area contributed by atoms with Crippen LogP contribution in [0.25, 0.3) is 0 Å². The number of carbonyl (C=O) groups excluding carboxylic acids is 2. The Balaban J connectivity index is 1.56. The van der Waals surface area contributed by atoms with Crippen LogP contribution >= 0.6 is 0 Å². The number of nitriles is 1. The van der Waals surface area contributed by atoms with E-state index in [-0.39, 0.29) is 19.3 Å². The molecular weight excluding hydrogens is 348 g/mol. The van der Waals surface area contributed by atoms with E-state index in [4.69, 9.17) is 19.5 Å². The Kier molecular flexibility index (Phi) is 5.57. The van der Waals surface area contributed by atoms with Crippen molar-refractivity contribution >= 4 is 11.9 Å². The van der Waals surface area contributed by atoms with Gasteiger partial charge in [0.15, 0.2) is 18.1 Å². The fourth-order valence-electron chi connectivity index (χ4n) is 2.62. The predicted molar refractivity (Wildman–Crippen MR) is 95.1 cm³/mol. The Morgan fingerprint density at radius 3 is 2.59 bits per heavy atom. The molecule has 0 saturated heterocycles. The fourth-order valence-corrected chi connectivity index (χ4v) is 2.62. The lowest BCUT2D eigenvalue weighted by molar-refractivity contribution is -0.134. The van der Waals surface area contributed by atoms with Crippen LogP contribution in [0.2, 0.25) is 0 Å². The SMILES string of the molecule is CCN(Cc1ccc2c(c1)OCO2)C(=O)COC(=O)c1ccc(C#N)cc1. The molecule has 1 aliphatic rings. The molecule has 138 valence electrons. The van der Waals surface area contributed by atoms with Gasteiger partial charge in [-0.1, -0.05) is 6.07 Å². The van der Waals surface area contributed by atoms with Gasteiger partial charge in [-0.3, -0.25) is 4.79 Å². The minimum Gasteiger partial charge on any atom is -0.454 e. The van der Waals surface area contributed by atoms with Crippen LogP contribution in [0.1, 0.15) is 28.4 Å². The molecule has 0 spiro atoms. The number of hydrogen-bond donors (Lipinski definition) is 0. The number of ether oxygens (including phenoxy) is 3. The summed E-state index contributed by atoms with van der Waals surface area (Å²) in [7, 11) is 0. The van der Waals surface area contributed by atoms with Crippen LogP contribution < -0.4 is 9.47 Å². The molecule has 0 aliphatic carbocycles. The first kappa shape index (κ1) is 18.3. The lowest BCUT2D eigenvalue weighted by Gasteiger charge is -2.21. The molecule has 0 bridgehead atoms. The summed E-state index contributed by atoms with van der Waals surface area (Å²) in [5.41, 5.74) is 1.64. The van der Waals surface area contributed by atoms with Crippen molar-refractivity contribution in [1.29, 1.82) is 5.26 Å². The quantitative estimate of drug-likeness (QED) is 0.730. The van der Waals surface area contributed by atoms with Crippen LogP contribution in [0.15, 0.2) is 42.5 Å². The number of amides is 1. The van der Waals surface area contributed by atoms with E-state index in [1.807, 2.05) is 25.1 Å². The first-order valence-corrected chi connectivity index (χ1v) is 8.44. The van der Waals surface area contributed by atoms with E-state index in [0.29, 0.717) is 35.7 Å². The van der Waals surface area contributed by atoms with Gasteiger partial charge in [-0.05, 0) is 48.9 Å². The third-order valence-corrected chi connectivity index (χ3v) is 4.12. The Bertz CT molecular complexity index is 886. The second-order valence-electron chi connectivity index (χ2n) is 5.86. The number of esters is 1. The van der Waals surface area contributed by atoms with E-state index < -0.39 is 5.97 Å². The molecule has 3 rings (SSSR count). The largest absolute Gasteiger partial charge is 0.454 e. The summed E-state index contributed by atoms with van der Waals surface area (Å²) < 4.78 is 15.7. The van der Waals surface area contributed by atoms with Gasteiger partial charge < -0.3 is 19.1 Å². The second-order valence-corrected chi connectivity index (χ2v) is 5.86. The van der Waals surface area contributed by atoms with Crippen LogP contribution in [-0.4, -0.2) is 36.7 Å². The van der Waals surface area contributed by atoms with Crippen molar-refractivity contribution in [3.05, 3.63) is 59.2 Å². The summed E-state index contributed by atoms with van der Waals surface area (Å²) in [4.78, 5) is 26.0. The number of hydrogen-bond acceptors (Lipinski definition) is 6. The number of benzene rings is 2. The number of rotatable bonds is 6. The van der Waals surface area contributed by atoms with Gasteiger partial charge in [0, 0.05) is 13.1 Å². The zero-order valence-electron chi connectivity index (χ0n) is 14.8. The number of carbonyl (C=O) groups is 2. The van der Waals surface area contributed by atoms with Gasteiger partial charge in [0.05, 0.1) is 17.2 Å². The third-order valence-electron chi connectivity index (χ3n) is 4.12. The average Bonchev–Trinajstić information content (AvgIpc) is 3.17. The van der Waals surface area contributed by atoms with Crippen molar-refractivity contribution in [1.82, 2.24) is 4.90 Å². The standard InChI is InChI=1S/C20H18N2O5/c1-2-22(11-15-5-8-17-18(9-15)27-13-26-17)19(23)12-25-20(24)16-6-3-14(10-21)4-7-16/h3-9H,2,11-13H2,1H3. The Morgan fingerprint density at radius 2 is 1.89 bits per heavy atom. The summed E-state index contributed by atoms with van der Waals surface area (Å²) in [5.74, 6) is 0.442. The lowest BCUT2D eigenvalue weighted by atomic mass is 10.1. The van der Waals surface area contributed by atoms with E-state index in [1.165, 1.54) is 24.3 Å². The van der Waals surface area contributed by atoms with E-state index in [9.17, 15) is 9.59 Å². The number of fused-ring (bicyclic) bond motifs is 1. The molecule has 7 heteroatoms. The van der Waals surface area contributed by atoms with Crippen molar-refractivity contribution in [2.75, 3.05) is 19.9 Å².